The maximum Gasteiger partial charge on any atom is 0.234 e. The van der Waals surface area contributed by atoms with Crippen LogP contribution in [0.4, 0.5) is 4.39 Å². The van der Waals surface area contributed by atoms with Crippen LogP contribution in [-0.4, -0.2) is 49.6 Å². The van der Waals surface area contributed by atoms with Gasteiger partial charge in [-0.1, -0.05) is 36.4 Å². The molecule has 1 saturated heterocycles. The van der Waals surface area contributed by atoms with Gasteiger partial charge in [0, 0.05) is 31.1 Å². The SMILES string of the molecule is N[C@@H]1CN(CC(=O)NCCOc2cccc(F)c2)C[C@H]1c1ccccc1. The van der Waals surface area contributed by atoms with E-state index in [-0.39, 0.29) is 23.7 Å². The van der Waals surface area contributed by atoms with E-state index in [1.54, 1.807) is 12.1 Å². The number of rotatable bonds is 7. The number of nitrogens with two attached hydrogens (primary N) is 1. The number of hydrogen-bond acceptors (Lipinski definition) is 4. The number of carbonyl (C=O) groups is 1. The summed E-state index contributed by atoms with van der Waals surface area (Å²) in [6.07, 6.45) is 0. The van der Waals surface area contributed by atoms with Gasteiger partial charge < -0.3 is 15.8 Å². The highest BCUT2D eigenvalue weighted by molar-refractivity contribution is 5.78. The van der Waals surface area contributed by atoms with Crippen LogP contribution in [0.5, 0.6) is 5.75 Å². The zero-order chi connectivity index (χ0) is 18.4. The molecular formula is C20H24FN3O2. The zero-order valence-electron chi connectivity index (χ0n) is 14.6. The second-order valence-corrected chi connectivity index (χ2v) is 6.53. The number of nitrogens with one attached hydrogen (secondary N) is 1. The number of carbonyl (C=O) groups excluding carboxylic acids is 1. The van der Waals surface area contributed by atoms with Crippen LogP contribution < -0.4 is 15.8 Å². The van der Waals surface area contributed by atoms with Crippen LogP contribution >= 0.6 is 0 Å². The number of halogens is 1. The van der Waals surface area contributed by atoms with Gasteiger partial charge in [0.15, 0.2) is 0 Å². The Bertz CT molecular complexity index is 726. The summed E-state index contributed by atoms with van der Waals surface area (Å²) >= 11 is 0. The maximum atomic E-state index is 13.1. The monoisotopic (exact) mass is 357 g/mol. The fourth-order valence-electron chi connectivity index (χ4n) is 3.27. The molecule has 3 N–H and O–H groups in total. The molecule has 138 valence electrons. The normalized spacial score (nSPS) is 20.1. The van der Waals surface area contributed by atoms with E-state index in [0.29, 0.717) is 32.0 Å². The van der Waals surface area contributed by atoms with Crippen LogP contribution in [0.25, 0.3) is 0 Å². The van der Waals surface area contributed by atoms with Crippen molar-refractivity contribution in [2.24, 2.45) is 5.73 Å². The number of nitrogens with zero attached hydrogens (tertiary/aromatic N) is 1. The van der Waals surface area contributed by atoms with Crippen molar-refractivity contribution in [3.05, 3.63) is 66.0 Å². The molecule has 1 aliphatic rings. The van der Waals surface area contributed by atoms with Gasteiger partial charge in [-0.15, -0.1) is 0 Å². The quantitative estimate of drug-likeness (QED) is 0.741. The Morgan fingerprint density at radius 1 is 1.19 bits per heavy atom. The molecule has 2 atom stereocenters. The van der Waals surface area contributed by atoms with E-state index in [1.165, 1.54) is 17.7 Å². The van der Waals surface area contributed by atoms with Crippen molar-refractivity contribution < 1.29 is 13.9 Å². The van der Waals surface area contributed by atoms with Crippen LogP contribution in [0.1, 0.15) is 11.5 Å². The van der Waals surface area contributed by atoms with Gasteiger partial charge in [-0.2, -0.15) is 0 Å². The van der Waals surface area contributed by atoms with Crippen molar-refractivity contribution in [1.82, 2.24) is 10.2 Å². The molecule has 0 aromatic heterocycles. The lowest BCUT2D eigenvalue weighted by Crippen LogP contribution is -2.38. The van der Waals surface area contributed by atoms with Crippen LogP contribution in [0, 0.1) is 5.82 Å². The highest BCUT2D eigenvalue weighted by Gasteiger charge is 2.31. The number of likely N-dealkylation sites (tertiary alicyclic amines) is 1. The number of benzene rings is 2. The van der Waals surface area contributed by atoms with E-state index in [4.69, 9.17) is 10.5 Å². The zero-order valence-corrected chi connectivity index (χ0v) is 14.6. The Kier molecular flexibility index (Phi) is 6.20. The Hall–Kier alpha value is -2.44. The van der Waals surface area contributed by atoms with Crippen LogP contribution in [-0.2, 0) is 4.79 Å². The molecule has 5 nitrogen and oxygen atoms in total. The Labute approximate surface area is 152 Å². The first-order valence-electron chi connectivity index (χ1n) is 8.80. The Morgan fingerprint density at radius 3 is 2.77 bits per heavy atom. The lowest BCUT2D eigenvalue weighted by atomic mass is 9.95. The molecule has 0 saturated carbocycles. The van der Waals surface area contributed by atoms with Gasteiger partial charge in [-0.3, -0.25) is 9.69 Å². The second kappa shape index (κ2) is 8.78. The van der Waals surface area contributed by atoms with Crippen molar-refractivity contribution in [3.8, 4) is 5.75 Å². The van der Waals surface area contributed by atoms with E-state index in [0.717, 1.165) is 6.54 Å². The molecule has 1 heterocycles. The van der Waals surface area contributed by atoms with Crippen LogP contribution in [0.15, 0.2) is 54.6 Å². The first kappa shape index (κ1) is 18.4. The predicted octanol–water partition coefficient (Wildman–Crippen LogP) is 1.75. The third-order valence-electron chi connectivity index (χ3n) is 4.52. The van der Waals surface area contributed by atoms with Crippen molar-refractivity contribution in [1.29, 1.82) is 0 Å². The largest absolute Gasteiger partial charge is 0.492 e. The van der Waals surface area contributed by atoms with Gasteiger partial charge in [0.25, 0.3) is 0 Å². The maximum absolute atomic E-state index is 13.1. The van der Waals surface area contributed by atoms with Crippen LogP contribution in [0.3, 0.4) is 0 Å². The first-order chi connectivity index (χ1) is 12.6. The topological polar surface area (TPSA) is 67.6 Å². The molecule has 6 heteroatoms. The average molecular weight is 357 g/mol. The van der Waals surface area contributed by atoms with Gasteiger partial charge in [-0.05, 0) is 17.7 Å². The molecule has 0 bridgehead atoms. The molecule has 2 aromatic carbocycles. The number of amides is 1. The van der Waals surface area contributed by atoms with Gasteiger partial charge in [-0.25, -0.2) is 4.39 Å². The molecule has 0 unspecified atom stereocenters. The second-order valence-electron chi connectivity index (χ2n) is 6.53. The number of hydrogen-bond donors (Lipinski definition) is 2. The summed E-state index contributed by atoms with van der Waals surface area (Å²) in [7, 11) is 0. The Morgan fingerprint density at radius 2 is 2.00 bits per heavy atom. The molecule has 1 aliphatic heterocycles. The minimum Gasteiger partial charge on any atom is -0.492 e. The van der Waals surface area contributed by atoms with E-state index < -0.39 is 0 Å². The van der Waals surface area contributed by atoms with E-state index in [1.807, 2.05) is 18.2 Å². The standard InChI is InChI=1S/C20H24FN3O2/c21-16-7-4-8-17(11-16)26-10-9-23-20(25)14-24-12-18(19(22)13-24)15-5-2-1-3-6-15/h1-8,11,18-19H,9-10,12-14,22H2,(H,23,25)/t18-,19+/m0/s1. The van der Waals surface area contributed by atoms with Crippen molar-refractivity contribution in [2.75, 3.05) is 32.8 Å². The summed E-state index contributed by atoms with van der Waals surface area (Å²) < 4.78 is 18.5. The summed E-state index contributed by atoms with van der Waals surface area (Å²) in [4.78, 5) is 14.2. The molecule has 0 radical (unpaired) electrons. The summed E-state index contributed by atoms with van der Waals surface area (Å²) in [6.45, 7) is 2.46. The fourth-order valence-corrected chi connectivity index (χ4v) is 3.27. The van der Waals surface area contributed by atoms with Gasteiger partial charge >= 0.3 is 0 Å². The first-order valence-corrected chi connectivity index (χ1v) is 8.80. The third-order valence-corrected chi connectivity index (χ3v) is 4.52. The lowest BCUT2D eigenvalue weighted by molar-refractivity contribution is -0.122. The third kappa shape index (κ3) is 5.03. The van der Waals surface area contributed by atoms with E-state index >= 15 is 0 Å². The molecule has 26 heavy (non-hydrogen) atoms. The smallest absolute Gasteiger partial charge is 0.234 e. The lowest BCUT2D eigenvalue weighted by Gasteiger charge is -2.16. The summed E-state index contributed by atoms with van der Waals surface area (Å²) in [5, 5.41) is 2.82. The van der Waals surface area contributed by atoms with Crippen molar-refractivity contribution in [2.45, 2.75) is 12.0 Å². The van der Waals surface area contributed by atoms with Crippen molar-refractivity contribution in [3.63, 3.8) is 0 Å². The van der Waals surface area contributed by atoms with Crippen molar-refractivity contribution >= 4 is 5.91 Å². The summed E-state index contributed by atoms with van der Waals surface area (Å²) in [5.41, 5.74) is 7.47. The molecular weight excluding hydrogens is 333 g/mol. The minimum absolute atomic E-state index is 0.0292. The van der Waals surface area contributed by atoms with Crippen LogP contribution in [0.2, 0.25) is 0 Å². The highest BCUT2D eigenvalue weighted by atomic mass is 19.1. The highest BCUT2D eigenvalue weighted by Crippen LogP contribution is 2.25. The van der Waals surface area contributed by atoms with Gasteiger partial charge in [0.2, 0.25) is 5.91 Å². The molecule has 1 fully saturated rings. The molecule has 2 aromatic rings. The van der Waals surface area contributed by atoms with E-state index in [9.17, 15) is 9.18 Å². The summed E-state index contributed by atoms with van der Waals surface area (Å²) in [6, 6.07) is 16.1. The Balaban J connectivity index is 1.38. The van der Waals surface area contributed by atoms with E-state index in [2.05, 4.69) is 22.3 Å². The molecule has 3 rings (SSSR count). The molecule has 0 spiro atoms. The minimum atomic E-state index is -0.343. The fraction of sp³-hybridized carbons (Fsp3) is 0.350. The summed E-state index contributed by atoms with van der Waals surface area (Å²) in [5.74, 6) is 0.300. The molecule has 0 aliphatic carbocycles. The number of ether oxygens (including phenoxy) is 1. The van der Waals surface area contributed by atoms with Gasteiger partial charge in [0.05, 0.1) is 13.1 Å². The predicted molar refractivity (Wildman–Crippen MR) is 98.5 cm³/mol. The average Bonchev–Trinajstić information content (AvgIpc) is 3.00. The van der Waals surface area contributed by atoms with Gasteiger partial charge in [0.1, 0.15) is 18.2 Å². The molecule has 1 amide bonds.